The van der Waals surface area contributed by atoms with Crippen LogP contribution < -0.4 is 76.9 Å². The number of nitrogens with two attached hydrogens (primary N) is 6. The third kappa shape index (κ3) is 25.7. The van der Waals surface area contributed by atoms with E-state index in [1.54, 1.807) is 44.3 Å². The molecule has 9 atom stereocenters. The van der Waals surface area contributed by atoms with Crippen LogP contribution in [0.5, 0.6) is 0 Å². The van der Waals surface area contributed by atoms with Crippen molar-refractivity contribution in [3.63, 3.8) is 0 Å². The molecular weight excluding hydrogens is 1190 g/mol. The average Bonchev–Trinajstić information content (AvgIpc) is 1.87. The predicted molar refractivity (Wildman–Crippen MR) is 349 cm³/mol. The number of H-pyrrole nitrogens is 1. The lowest BCUT2D eigenvalue weighted by Crippen LogP contribution is -2.61. The monoisotopic (exact) mass is 1290 g/mol. The summed E-state index contributed by atoms with van der Waals surface area (Å²) in [6.07, 6.45) is 6.17. The zero-order valence-corrected chi connectivity index (χ0v) is 53.5. The summed E-state index contributed by atoms with van der Waals surface area (Å²) in [6, 6.07) is 5.19. The number of carboxylic acids is 1. The number of aromatic amines is 1. The third-order valence-electron chi connectivity index (χ3n) is 15.3. The molecule has 0 aliphatic carbocycles. The van der Waals surface area contributed by atoms with E-state index in [0.717, 1.165) is 16.5 Å². The molecule has 9 amide bonds. The van der Waals surface area contributed by atoms with E-state index in [0.29, 0.717) is 43.4 Å². The van der Waals surface area contributed by atoms with Crippen LogP contribution in [0.1, 0.15) is 115 Å². The molecule has 2 aromatic carbocycles. The van der Waals surface area contributed by atoms with Gasteiger partial charge in [-0.2, -0.15) is 11.8 Å². The quantitative estimate of drug-likeness (QED) is 0.0178. The lowest BCUT2D eigenvalue weighted by Gasteiger charge is -2.31. The number of fused-ring (bicyclic) bond motifs is 1. The molecule has 91 heavy (non-hydrogen) atoms. The molecule has 0 saturated carbocycles. The molecule has 1 aromatic heterocycles. The summed E-state index contributed by atoms with van der Waals surface area (Å²) in [5.41, 5.74) is 36.3. The number of carbonyl (C=O) groups is 10. The van der Waals surface area contributed by atoms with Crippen LogP contribution in [0.25, 0.3) is 10.9 Å². The largest absolute Gasteiger partial charge is 0.480 e. The number of likely N-dealkylation sites (tertiary alicyclic amines) is 1. The Hall–Kier alpha value is -8.51. The highest BCUT2D eigenvalue weighted by atomic mass is 32.2. The zero-order chi connectivity index (χ0) is 67.0. The van der Waals surface area contributed by atoms with Crippen molar-refractivity contribution in [2.75, 3.05) is 44.7 Å². The number of nitrogens with one attached hydrogen (secondary N) is 9. The number of para-hydroxylation sites is 1. The fourth-order valence-electron chi connectivity index (χ4n) is 10.5. The smallest absolute Gasteiger partial charge is 0.326 e. The molecule has 4 rings (SSSR count). The molecule has 22 N–H and O–H groups in total. The van der Waals surface area contributed by atoms with Crippen LogP contribution in [0, 0.1) is 5.92 Å². The van der Waals surface area contributed by atoms with Gasteiger partial charge >= 0.3 is 5.97 Å². The number of nitrogens with zero attached hydrogens (tertiary/aromatic N) is 3. The van der Waals surface area contributed by atoms with Gasteiger partial charge in [-0.3, -0.25) is 53.1 Å². The minimum Gasteiger partial charge on any atom is -0.480 e. The maximum absolute atomic E-state index is 14.7. The highest BCUT2D eigenvalue weighted by Gasteiger charge is 2.40. The van der Waals surface area contributed by atoms with Gasteiger partial charge in [0.15, 0.2) is 11.9 Å². The number of rotatable bonds is 41. The number of aliphatic carboxylic acids is 1. The van der Waals surface area contributed by atoms with Crippen LogP contribution in [0.15, 0.2) is 70.8 Å². The second-order valence-corrected chi connectivity index (χ2v) is 23.9. The molecule has 502 valence electrons. The topological polar surface area (TPSA) is 487 Å². The molecule has 0 radical (unpaired) electrons. The Balaban J connectivity index is 1.65. The van der Waals surface area contributed by atoms with Crippen LogP contribution in [0.4, 0.5) is 0 Å². The van der Waals surface area contributed by atoms with Gasteiger partial charge in [0.2, 0.25) is 53.2 Å². The highest BCUT2D eigenvalue weighted by molar-refractivity contribution is 7.98. The van der Waals surface area contributed by atoms with E-state index in [1.807, 2.05) is 36.6 Å². The molecule has 30 heteroatoms. The Kier molecular flexibility index (Phi) is 32.6. The molecule has 3 aromatic rings. The van der Waals surface area contributed by atoms with Gasteiger partial charge in [0.05, 0.1) is 0 Å². The fourth-order valence-corrected chi connectivity index (χ4v) is 10.9. The minimum absolute atomic E-state index is 0.0151. The zero-order valence-electron chi connectivity index (χ0n) is 52.6. The van der Waals surface area contributed by atoms with Gasteiger partial charge in [0.25, 0.3) is 0 Å². The van der Waals surface area contributed by atoms with E-state index < -0.39 is 119 Å². The van der Waals surface area contributed by atoms with Gasteiger partial charge in [-0.1, -0.05) is 62.4 Å². The SMILES string of the molecule is CSCC[C@H](NC(=O)[C@H](Cc1c[nH]c2ccccc12)NC(=O)[C@H](Cc1ccccc1)NC(C)=O)C(=O)N[C@@H](CCCCN)C(=O)N[C@@H](CCCN=C(N)N)C(=O)N[C@@H](CCCCN)C(=O)N[C@@H](CCCN=C(N)N)C(=O)N[C@H](C(=O)N1CCC[C@H]1C(=O)O)C(C)C. The van der Waals surface area contributed by atoms with Crippen molar-refractivity contribution in [1.82, 2.24) is 52.4 Å². The molecule has 2 heterocycles. The van der Waals surface area contributed by atoms with Crippen molar-refractivity contribution in [3.05, 3.63) is 71.9 Å². The number of hydrogen-bond donors (Lipinski definition) is 16. The van der Waals surface area contributed by atoms with Crippen LogP contribution in [-0.2, 0) is 60.8 Å². The molecule has 1 aliphatic heterocycles. The first-order valence-electron chi connectivity index (χ1n) is 31.0. The van der Waals surface area contributed by atoms with Gasteiger partial charge in [0.1, 0.15) is 54.4 Å². The summed E-state index contributed by atoms with van der Waals surface area (Å²) in [5, 5.41) is 32.8. The highest BCUT2D eigenvalue weighted by Crippen LogP contribution is 2.22. The van der Waals surface area contributed by atoms with Gasteiger partial charge in [-0.05, 0) is 132 Å². The molecule has 0 bridgehead atoms. The number of guanidine groups is 2. The number of aromatic nitrogens is 1. The molecule has 29 nitrogen and oxygen atoms in total. The molecule has 1 aliphatic rings. The summed E-state index contributed by atoms with van der Waals surface area (Å²) in [7, 11) is 0. The summed E-state index contributed by atoms with van der Waals surface area (Å²) < 4.78 is 0. The van der Waals surface area contributed by atoms with Gasteiger partial charge in [0, 0.05) is 56.5 Å². The predicted octanol–water partition coefficient (Wildman–Crippen LogP) is -1.30. The van der Waals surface area contributed by atoms with E-state index in [1.165, 1.54) is 23.6 Å². The van der Waals surface area contributed by atoms with Crippen molar-refractivity contribution < 1.29 is 53.1 Å². The lowest BCUT2D eigenvalue weighted by atomic mass is 10.0. The second-order valence-electron chi connectivity index (χ2n) is 22.9. The van der Waals surface area contributed by atoms with Crippen molar-refractivity contribution in [2.24, 2.45) is 50.3 Å². The number of carbonyl (C=O) groups excluding carboxylic acids is 9. The van der Waals surface area contributed by atoms with Crippen LogP contribution in [-0.4, -0.2) is 185 Å². The maximum atomic E-state index is 14.7. The second kappa shape index (κ2) is 39.6. The molecule has 0 unspecified atom stereocenters. The van der Waals surface area contributed by atoms with Crippen molar-refractivity contribution in [2.45, 2.75) is 171 Å². The molecule has 1 saturated heterocycles. The standard InChI is InChI=1S/C61H96N18O11S/c1-36(2)50(58(88)79-31-16-25-49(79)59(89)90)78-55(85)45(24-15-30-69-61(66)67)75-52(82)42(21-10-12-27-62)72-53(83)44(23-14-29-68-60(64)65)74-51(81)43(22-11-13-28-63)73-54(84)46(26-32-91-4)76-57(87)48(34-39-35-70-41-20-9-8-19-40(39)41)77-56(86)47(71-37(3)80)33-38-17-6-5-7-18-38/h5-9,17-20,35-36,42-50,70H,10-16,21-34,62-63H2,1-4H3,(H,71,80)(H,72,83)(H,73,84)(H,74,81)(H,75,82)(H,76,87)(H,77,86)(H,78,85)(H,89,90)(H4,64,65,68)(H4,66,67,69)/t42-,43-,44-,45-,46-,47-,48-,49-,50-/m0/s1. The van der Waals surface area contributed by atoms with Crippen molar-refractivity contribution in [1.29, 1.82) is 0 Å². The first kappa shape index (κ1) is 75.0. The van der Waals surface area contributed by atoms with Gasteiger partial charge < -0.3 is 91.9 Å². The molecule has 1 fully saturated rings. The van der Waals surface area contributed by atoms with Crippen LogP contribution in [0.3, 0.4) is 0 Å². The fraction of sp³-hybridized carbons (Fsp3) is 0.574. The summed E-state index contributed by atoms with van der Waals surface area (Å²) >= 11 is 1.40. The Bertz CT molecular complexity index is 2940. The Morgan fingerprint density at radius 2 is 1.02 bits per heavy atom. The molecular formula is C61H96N18O11S. The first-order chi connectivity index (χ1) is 43.5. The number of unbranched alkanes of at least 4 members (excludes halogenated alkanes) is 2. The van der Waals surface area contributed by atoms with E-state index in [2.05, 4.69) is 57.5 Å². The average molecular weight is 1290 g/mol. The number of carboxylic acid groups (broad SMARTS) is 1. The van der Waals surface area contributed by atoms with E-state index in [-0.39, 0.29) is 109 Å². The van der Waals surface area contributed by atoms with Gasteiger partial charge in [-0.15, -0.1) is 0 Å². The van der Waals surface area contributed by atoms with Crippen molar-refractivity contribution in [3.8, 4) is 0 Å². The first-order valence-corrected chi connectivity index (χ1v) is 32.4. The van der Waals surface area contributed by atoms with Gasteiger partial charge in [-0.25, -0.2) is 4.79 Å². The van der Waals surface area contributed by atoms with Crippen LogP contribution >= 0.6 is 11.8 Å². The summed E-state index contributed by atoms with van der Waals surface area (Å²) in [4.78, 5) is 153. The maximum Gasteiger partial charge on any atom is 0.326 e. The van der Waals surface area contributed by atoms with Crippen molar-refractivity contribution >= 4 is 93.7 Å². The van der Waals surface area contributed by atoms with E-state index >= 15 is 0 Å². The van der Waals surface area contributed by atoms with Crippen LogP contribution in [0.2, 0.25) is 0 Å². The summed E-state index contributed by atoms with van der Waals surface area (Å²) in [5.74, 6) is -8.13. The van der Waals surface area contributed by atoms with E-state index in [4.69, 9.17) is 34.4 Å². The Morgan fingerprint density at radius 3 is 1.48 bits per heavy atom. The number of aliphatic imine (C=N–C) groups is 2. The number of amides is 9. The molecule has 0 spiro atoms. The Labute approximate surface area is 535 Å². The number of benzene rings is 2. The number of thioether (sulfide) groups is 1. The third-order valence-corrected chi connectivity index (χ3v) is 16.0. The van der Waals surface area contributed by atoms with E-state index in [9.17, 15) is 53.1 Å². The lowest BCUT2D eigenvalue weighted by molar-refractivity contribution is -0.150. The summed E-state index contributed by atoms with van der Waals surface area (Å²) in [6.45, 7) is 5.41. The Morgan fingerprint density at radius 1 is 0.582 bits per heavy atom. The minimum atomic E-state index is -1.39. The normalized spacial score (nSPS) is 15.5. The number of hydrogen-bond acceptors (Lipinski definition) is 15.